The normalized spacial score (nSPS) is 16.2. The molecular formula is C14H16Cl3N3O3. The molecular weight excluding hydrogens is 365 g/mol. The molecule has 3 N–H and O–H groups in total. The van der Waals surface area contributed by atoms with Crippen LogP contribution in [-0.4, -0.2) is 29.0 Å². The van der Waals surface area contributed by atoms with Crippen LogP contribution in [0.15, 0.2) is 0 Å². The first-order valence-electron chi connectivity index (χ1n) is 7.12. The van der Waals surface area contributed by atoms with E-state index in [1.54, 1.807) is 0 Å². The molecule has 1 aliphatic rings. The first-order valence-corrected chi connectivity index (χ1v) is 8.26. The van der Waals surface area contributed by atoms with Crippen LogP contribution in [-0.2, 0) is 9.53 Å². The molecule has 23 heavy (non-hydrogen) atoms. The van der Waals surface area contributed by atoms with Crippen molar-refractivity contribution < 1.29 is 14.3 Å². The SMILES string of the molecule is C[C@H](OC(=O)c1nc(Cl)c(Cl)c(N)c1Cl)C(=O)NC1CCCC1. The summed E-state index contributed by atoms with van der Waals surface area (Å²) in [6.07, 6.45) is 3.05. The highest BCUT2D eigenvalue weighted by Crippen LogP contribution is 2.34. The van der Waals surface area contributed by atoms with Gasteiger partial charge in [0, 0.05) is 6.04 Å². The number of amides is 1. The number of carbonyl (C=O) groups is 2. The first-order chi connectivity index (χ1) is 10.8. The highest BCUT2D eigenvalue weighted by atomic mass is 35.5. The second-order valence-electron chi connectivity index (χ2n) is 5.33. The highest BCUT2D eigenvalue weighted by Gasteiger charge is 2.26. The molecule has 1 fully saturated rings. The molecule has 0 bridgehead atoms. The number of hydrogen-bond donors (Lipinski definition) is 2. The molecule has 6 nitrogen and oxygen atoms in total. The molecule has 1 heterocycles. The number of hydrogen-bond acceptors (Lipinski definition) is 5. The average Bonchev–Trinajstić information content (AvgIpc) is 3.01. The van der Waals surface area contributed by atoms with E-state index in [0.717, 1.165) is 25.7 Å². The van der Waals surface area contributed by atoms with Gasteiger partial charge < -0.3 is 15.8 Å². The van der Waals surface area contributed by atoms with Gasteiger partial charge in [-0.2, -0.15) is 0 Å². The van der Waals surface area contributed by atoms with Crippen molar-refractivity contribution in [3.63, 3.8) is 0 Å². The van der Waals surface area contributed by atoms with Crippen molar-refractivity contribution in [3.05, 3.63) is 20.9 Å². The lowest BCUT2D eigenvalue weighted by molar-refractivity contribution is -0.129. The van der Waals surface area contributed by atoms with E-state index in [1.165, 1.54) is 6.92 Å². The average molecular weight is 381 g/mol. The van der Waals surface area contributed by atoms with E-state index in [4.69, 9.17) is 45.3 Å². The third-order valence-corrected chi connectivity index (χ3v) is 4.76. The number of pyridine rings is 1. The van der Waals surface area contributed by atoms with Crippen molar-refractivity contribution in [2.24, 2.45) is 0 Å². The summed E-state index contributed by atoms with van der Waals surface area (Å²) in [5.41, 5.74) is 5.30. The molecule has 1 amide bonds. The Morgan fingerprint density at radius 2 is 1.87 bits per heavy atom. The lowest BCUT2D eigenvalue weighted by Crippen LogP contribution is -2.41. The Balaban J connectivity index is 2.05. The number of halogens is 3. The number of nitrogen functional groups attached to an aromatic ring is 1. The fourth-order valence-electron chi connectivity index (χ4n) is 2.33. The van der Waals surface area contributed by atoms with Gasteiger partial charge in [-0.25, -0.2) is 9.78 Å². The Bertz CT molecular complexity index is 633. The van der Waals surface area contributed by atoms with Crippen LogP contribution < -0.4 is 11.1 Å². The molecule has 0 aliphatic heterocycles. The van der Waals surface area contributed by atoms with Crippen LogP contribution in [0, 0.1) is 0 Å². The van der Waals surface area contributed by atoms with Crippen molar-refractivity contribution in [2.75, 3.05) is 5.73 Å². The topological polar surface area (TPSA) is 94.3 Å². The summed E-state index contributed by atoms with van der Waals surface area (Å²) >= 11 is 17.5. The third-order valence-electron chi connectivity index (χ3n) is 3.62. The van der Waals surface area contributed by atoms with Gasteiger partial charge in [-0.15, -0.1) is 0 Å². The summed E-state index contributed by atoms with van der Waals surface area (Å²) in [7, 11) is 0. The van der Waals surface area contributed by atoms with Gasteiger partial charge in [-0.3, -0.25) is 4.79 Å². The Labute approximate surface area is 148 Å². The fourth-order valence-corrected chi connectivity index (χ4v) is 2.91. The summed E-state index contributed by atoms with van der Waals surface area (Å²) in [5, 5.41) is 2.48. The maximum Gasteiger partial charge on any atom is 0.359 e. The maximum absolute atomic E-state index is 12.1. The quantitative estimate of drug-likeness (QED) is 0.618. The number of aromatic nitrogens is 1. The minimum Gasteiger partial charge on any atom is -0.448 e. The van der Waals surface area contributed by atoms with E-state index >= 15 is 0 Å². The molecule has 0 aromatic carbocycles. The van der Waals surface area contributed by atoms with Gasteiger partial charge in [0.05, 0.1) is 10.7 Å². The zero-order chi connectivity index (χ0) is 17.1. The molecule has 1 saturated carbocycles. The molecule has 1 aromatic rings. The zero-order valence-corrected chi connectivity index (χ0v) is 14.6. The van der Waals surface area contributed by atoms with Crippen LogP contribution in [0.25, 0.3) is 0 Å². The van der Waals surface area contributed by atoms with Gasteiger partial charge in [0.25, 0.3) is 5.91 Å². The second-order valence-corrected chi connectivity index (χ2v) is 6.44. The molecule has 126 valence electrons. The summed E-state index contributed by atoms with van der Waals surface area (Å²) < 4.78 is 5.08. The number of esters is 1. The molecule has 0 spiro atoms. The Hall–Kier alpha value is -1.24. The summed E-state index contributed by atoms with van der Waals surface area (Å²) in [6, 6.07) is 0.131. The van der Waals surface area contributed by atoms with Crippen molar-refractivity contribution in [3.8, 4) is 0 Å². The molecule has 1 atom stereocenters. The number of ether oxygens (including phenoxy) is 1. The van der Waals surface area contributed by atoms with Gasteiger partial charge in [-0.05, 0) is 19.8 Å². The number of nitrogens with two attached hydrogens (primary N) is 1. The van der Waals surface area contributed by atoms with Crippen LogP contribution >= 0.6 is 34.8 Å². The number of nitrogens with zero attached hydrogens (tertiary/aromatic N) is 1. The Morgan fingerprint density at radius 1 is 1.26 bits per heavy atom. The van der Waals surface area contributed by atoms with Crippen molar-refractivity contribution in [1.82, 2.24) is 10.3 Å². The fraction of sp³-hybridized carbons (Fsp3) is 0.500. The van der Waals surface area contributed by atoms with E-state index in [-0.39, 0.29) is 38.5 Å². The monoisotopic (exact) mass is 379 g/mol. The van der Waals surface area contributed by atoms with Gasteiger partial charge in [0.2, 0.25) is 0 Å². The van der Waals surface area contributed by atoms with Crippen molar-refractivity contribution in [2.45, 2.75) is 44.8 Å². The molecule has 2 rings (SSSR count). The number of carbonyl (C=O) groups excluding carboxylic acids is 2. The molecule has 0 saturated heterocycles. The van der Waals surface area contributed by atoms with Crippen LogP contribution in [0.1, 0.15) is 43.1 Å². The molecule has 0 unspecified atom stereocenters. The smallest absolute Gasteiger partial charge is 0.359 e. The minimum atomic E-state index is -0.989. The minimum absolute atomic E-state index is 0.0414. The lowest BCUT2D eigenvalue weighted by atomic mass is 10.2. The number of nitrogens with one attached hydrogen (secondary N) is 1. The molecule has 0 radical (unpaired) electrons. The summed E-state index contributed by atoms with van der Waals surface area (Å²) in [6.45, 7) is 1.47. The zero-order valence-electron chi connectivity index (χ0n) is 12.4. The molecule has 9 heteroatoms. The largest absolute Gasteiger partial charge is 0.448 e. The van der Waals surface area contributed by atoms with E-state index in [2.05, 4.69) is 10.3 Å². The number of rotatable bonds is 4. The van der Waals surface area contributed by atoms with Crippen molar-refractivity contribution in [1.29, 1.82) is 0 Å². The Morgan fingerprint density at radius 3 is 2.48 bits per heavy atom. The van der Waals surface area contributed by atoms with E-state index in [1.807, 2.05) is 0 Å². The first kappa shape index (κ1) is 18.1. The number of anilines is 1. The predicted octanol–water partition coefficient (Wildman–Crippen LogP) is 3.23. The van der Waals surface area contributed by atoms with Crippen molar-refractivity contribution >= 4 is 52.4 Å². The van der Waals surface area contributed by atoms with Gasteiger partial charge in [-0.1, -0.05) is 47.6 Å². The second kappa shape index (κ2) is 7.55. The Kier molecular flexibility index (Phi) is 5.95. The van der Waals surface area contributed by atoms with E-state index < -0.39 is 12.1 Å². The molecule has 1 aliphatic carbocycles. The third kappa shape index (κ3) is 4.19. The maximum atomic E-state index is 12.1. The van der Waals surface area contributed by atoms with E-state index in [0.29, 0.717) is 0 Å². The van der Waals surface area contributed by atoms with Gasteiger partial charge in [0.15, 0.2) is 17.0 Å². The van der Waals surface area contributed by atoms with Crippen LogP contribution in [0.4, 0.5) is 5.69 Å². The predicted molar refractivity (Wildman–Crippen MR) is 89.0 cm³/mol. The van der Waals surface area contributed by atoms with Crippen LogP contribution in [0.3, 0.4) is 0 Å². The van der Waals surface area contributed by atoms with E-state index in [9.17, 15) is 9.59 Å². The van der Waals surface area contributed by atoms with Crippen LogP contribution in [0.5, 0.6) is 0 Å². The standard InChI is InChI=1S/C14H16Cl3N3O3/c1-6(13(21)19-7-4-2-3-5-7)23-14(22)11-8(15)10(18)9(16)12(17)20-11/h6-7H,2-5H2,1H3,(H2,18,20)(H,19,21)/t6-/m0/s1. The lowest BCUT2D eigenvalue weighted by Gasteiger charge is -2.17. The molecule has 1 aromatic heterocycles. The summed E-state index contributed by atoms with van der Waals surface area (Å²) in [4.78, 5) is 27.9. The highest BCUT2D eigenvalue weighted by molar-refractivity contribution is 6.46. The van der Waals surface area contributed by atoms with Gasteiger partial charge >= 0.3 is 5.97 Å². The van der Waals surface area contributed by atoms with Crippen LogP contribution in [0.2, 0.25) is 15.2 Å². The van der Waals surface area contributed by atoms with Gasteiger partial charge in [0.1, 0.15) is 5.02 Å². The summed E-state index contributed by atoms with van der Waals surface area (Å²) in [5.74, 6) is -1.26.